The Bertz CT molecular complexity index is 554. The molecule has 0 bridgehead atoms. The maximum absolute atomic E-state index is 12.1. The van der Waals surface area contributed by atoms with Crippen LogP contribution in [-0.4, -0.2) is 18.6 Å². The van der Waals surface area contributed by atoms with Gasteiger partial charge in [-0.15, -0.1) is 0 Å². The molecule has 1 N–H and O–H groups in total. The van der Waals surface area contributed by atoms with E-state index in [0.29, 0.717) is 17.3 Å². The summed E-state index contributed by atoms with van der Waals surface area (Å²) in [5.74, 6) is 0.618. The van der Waals surface area contributed by atoms with Crippen molar-refractivity contribution in [2.75, 3.05) is 6.54 Å². The van der Waals surface area contributed by atoms with E-state index in [1.165, 1.54) is 31.3 Å². The standard InChI is InChI=1S/C18H24ClNO2/c1-13-12-16(19)8-9-17(13)22-14(2)18(21)20-11-10-15-6-4-3-5-7-15/h6,8-9,12,14H,3-5,7,10-11H2,1-2H3,(H,20,21)/t14-/m0/s1. The molecule has 1 aliphatic rings. The molecule has 0 saturated carbocycles. The first-order chi connectivity index (χ1) is 10.6. The fourth-order valence-electron chi connectivity index (χ4n) is 2.61. The molecule has 1 aromatic rings. The van der Waals surface area contributed by atoms with Crippen molar-refractivity contribution >= 4 is 17.5 Å². The van der Waals surface area contributed by atoms with Crippen LogP contribution in [0.25, 0.3) is 0 Å². The van der Waals surface area contributed by atoms with Crippen LogP contribution in [0, 0.1) is 6.92 Å². The van der Waals surface area contributed by atoms with Crippen molar-refractivity contribution in [2.45, 2.75) is 52.1 Å². The number of halogens is 1. The quantitative estimate of drug-likeness (QED) is 0.787. The van der Waals surface area contributed by atoms with Crippen molar-refractivity contribution in [3.63, 3.8) is 0 Å². The van der Waals surface area contributed by atoms with E-state index < -0.39 is 6.10 Å². The predicted molar refractivity (Wildman–Crippen MR) is 90.5 cm³/mol. The summed E-state index contributed by atoms with van der Waals surface area (Å²) in [5, 5.41) is 3.62. The molecule has 1 aromatic carbocycles. The zero-order valence-electron chi connectivity index (χ0n) is 13.3. The molecule has 0 spiro atoms. The predicted octanol–water partition coefficient (Wildman–Crippen LogP) is 4.42. The summed E-state index contributed by atoms with van der Waals surface area (Å²) in [6.07, 6.45) is 7.66. The molecule has 0 heterocycles. The third-order valence-electron chi connectivity index (χ3n) is 3.94. The molecule has 22 heavy (non-hydrogen) atoms. The maximum atomic E-state index is 12.1. The van der Waals surface area contributed by atoms with Gasteiger partial charge in [0.05, 0.1) is 0 Å². The Morgan fingerprint density at radius 2 is 2.23 bits per heavy atom. The Labute approximate surface area is 137 Å². The van der Waals surface area contributed by atoms with Crippen LogP contribution >= 0.6 is 11.6 Å². The zero-order chi connectivity index (χ0) is 15.9. The van der Waals surface area contributed by atoms with Gasteiger partial charge in [0.25, 0.3) is 5.91 Å². The first kappa shape index (κ1) is 16.9. The molecule has 2 rings (SSSR count). The topological polar surface area (TPSA) is 38.3 Å². The third-order valence-corrected chi connectivity index (χ3v) is 4.18. The summed E-state index contributed by atoms with van der Waals surface area (Å²) in [6, 6.07) is 5.40. The van der Waals surface area contributed by atoms with Crippen LogP contribution in [0.2, 0.25) is 5.02 Å². The number of nitrogens with one attached hydrogen (secondary N) is 1. The Morgan fingerprint density at radius 3 is 2.91 bits per heavy atom. The summed E-state index contributed by atoms with van der Waals surface area (Å²) >= 11 is 5.92. The number of hydrogen-bond donors (Lipinski definition) is 1. The van der Waals surface area contributed by atoms with Gasteiger partial charge >= 0.3 is 0 Å². The Morgan fingerprint density at radius 1 is 1.41 bits per heavy atom. The van der Waals surface area contributed by atoms with E-state index in [1.807, 2.05) is 13.0 Å². The summed E-state index contributed by atoms with van der Waals surface area (Å²) in [5.41, 5.74) is 2.40. The minimum Gasteiger partial charge on any atom is -0.481 e. The molecule has 0 saturated heterocycles. The number of amides is 1. The monoisotopic (exact) mass is 321 g/mol. The van der Waals surface area contributed by atoms with Crippen molar-refractivity contribution in [3.8, 4) is 5.75 Å². The smallest absolute Gasteiger partial charge is 0.260 e. The van der Waals surface area contributed by atoms with Crippen molar-refractivity contribution in [3.05, 3.63) is 40.4 Å². The SMILES string of the molecule is Cc1cc(Cl)ccc1O[C@@H](C)C(=O)NCCC1=CCCCC1. The average Bonchev–Trinajstić information content (AvgIpc) is 2.51. The van der Waals surface area contributed by atoms with Crippen LogP contribution in [0.4, 0.5) is 0 Å². The van der Waals surface area contributed by atoms with Crippen LogP contribution in [-0.2, 0) is 4.79 Å². The van der Waals surface area contributed by atoms with Gasteiger partial charge in [-0.25, -0.2) is 0 Å². The van der Waals surface area contributed by atoms with Crippen LogP contribution < -0.4 is 10.1 Å². The highest BCUT2D eigenvalue weighted by Gasteiger charge is 2.15. The van der Waals surface area contributed by atoms with Crippen LogP contribution in [0.1, 0.15) is 44.6 Å². The van der Waals surface area contributed by atoms with Gasteiger partial charge in [0.1, 0.15) is 5.75 Å². The number of rotatable bonds is 6. The number of ether oxygens (including phenoxy) is 1. The number of carbonyl (C=O) groups is 1. The van der Waals surface area contributed by atoms with E-state index in [0.717, 1.165) is 12.0 Å². The zero-order valence-corrected chi connectivity index (χ0v) is 14.1. The molecule has 3 nitrogen and oxygen atoms in total. The van der Waals surface area contributed by atoms with Gasteiger partial charge in [-0.3, -0.25) is 4.79 Å². The fourth-order valence-corrected chi connectivity index (χ4v) is 2.84. The minimum atomic E-state index is -0.514. The molecule has 0 aromatic heterocycles. The second-order valence-electron chi connectivity index (χ2n) is 5.82. The normalized spacial score (nSPS) is 15.9. The van der Waals surface area contributed by atoms with Gasteiger partial charge in [-0.1, -0.05) is 23.3 Å². The summed E-state index contributed by atoms with van der Waals surface area (Å²) in [6.45, 7) is 4.36. The Balaban J connectivity index is 1.78. The number of carbonyl (C=O) groups excluding carboxylic acids is 1. The molecular formula is C18H24ClNO2. The van der Waals surface area contributed by atoms with Gasteiger partial charge < -0.3 is 10.1 Å². The lowest BCUT2D eigenvalue weighted by Gasteiger charge is -2.17. The molecule has 4 heteroatoms. The Hall–Kier alpha value is -1.48. The molecular weight excluding hydrogens is 298 g/mol. The lowest BCUT2D eigenvalue weighted by atomic mass is 9.97. The summed E-state index contributed by atoms with van der Waals surface area (Å²) in [7, 11) is 0. The molecule has 0 fully saturated rings. The number of benzene rings is 1. The van der Waals surface area contributed by atoms with Crippen LogP contribution in [0.15, 0.2) is 29.8 Å². The van der Waals surface area contributed by atoms with E-state index in [9.17, 15) is 4.79 Å². The molecule has 0 unspecified atom stereocenters. The van der Waals surface area contributed by atoms with Crippen LogP contribution in [0.5, 0.6) is 5.75 Å². The second kappa shape index (κ2) is 8.23. The second-order valence-corrected chi connectivity index (χ2v) is 6.26. The lowest BCUT2D eigenvalue weighted by Crippen LogP contribution is -2.37. The Kier molecular flexibility index (Phi) is 6.32. The molecule has 1 amide bonds. The number of aryl methyl sites for hydroxylation is 1. The summed E-state index contributed by atoms with van der Waals surface area (Å²) < 4.78 is 5.72. The maximum Gasteiger partial charge on any atom is 0.260 e. The molecule has 1 aliphatic carbocycles. The van der Waals surface area contributed by atoms with E-state index in [2.05, 4.69) is 11.4 Å². The van der Waals surface area contributed by atoms with Gasteiger partial charge in [0.2, 0.25) is 0 Å². The number of hydrogen-bond acceptors (Lipinski definition) is 2. The summed E-state index contributed by atoms with van der Waals surface area (Å²) in [4.78, 5) is 12.1. The van der Waals surface area contributed by atoms with Crippen LogP contribution in [0.3, 0.4) is 0 Å². The van der Waals surface area contributed by atoms with Gasteiger partial charge in [-0.05, 0) is 69.7 Å². The van der Waals surface area contributed by atoms with Crippen molar-refractivity contribution in [2.24, 2.45) is 0 Å². The fraction of sp³-hybridized carbons (Fsp3) is 0.500. The van der Waals surface area contributed by atoms with Crippen molar-refractivity contribution in [1.29, 1.82) is 0 Å². The van der Waals surface area contributed by atoms with Gasteiger partial charge in [0, 0.05) is 11.6 Å². The molecule has 0 radical (unpaired) electrons. The van der Waals surface area contributed by atoms with E-state index in [4.69, 9.17) is 16.3 Å². The molecule has 0 aliphatic heterocycles. The highest BCUT2D eigenvalue weighted by molar-refractivity contribution is 6.30. The largest absolute Gasteiger partial charge is 0.481 e. The highest BCUT2D eigenvalue weighted by atomic mass is 35.5. The van der Waals surface area contributed by atoms with Crippen molar-refractivity contribution < 1.29 is 9.53 Å². The third kappa shape index (κ3) is 5.06. The molecule has 120 valence electrons. The minimum absolute atomic E-state index is 0.0780. The van der Waals surface area contributed by atoms with E-state index in [-0.39, 0.29) is 5.91 Å². The average molecular weight is 322 g/mol. The first-order valence-corrected chi connectivity index (χ1v) is 8.32. The first-order valence-electron chi connectivity index (χ1n) is 7.94. The van der Waals surface area contributed by atoms with E-state index in [1.54, 1.807) is 19.1 Å². The van der Waals surface area contributed by atoms with E-state index >= 15 is 0 Å². The highest BCUT2D eigenvalue weighted by Crippen LogP contribution is 2.23. The lowest BCUT2D eigenvalue weighted by molar-refractivity contribution is -0.127. The molecule has 1 atom stereocenters. The van der Waals surface area contributed by atoms with Crippen molar-refractivity contribution in [1.82, 2.24) is 5.32 Å². The van der Waals surface area contributed by atoms with Gasteiger partial charge in [-0.2, -0.15) is 0 Å². The number of allylic oxidation sites excluding steroid dienone is 1. The van der Waals surface area contributed by atoms with Gasteiger partial charge in [0.15, 0.2) is 6.10 Å².